The molecular weight excluding hydrogens is 356 g/mol. The number of hydrogen-bond donors (Lipinski definition) is 1. The average molecular weight is 380 g/mol. The van der Waals surface area contributed by atoms with Crippen LogP contribution in [0.2, 0.25) is 0 Å². The normalized spacial score (nSPS) is 16.7. The van der Waals surface area contributed by atoms with E-state index in [2.05, 4.69) is 10.5 Å². The molecule has 0 amide bonds. The summed E-state index contributed by atoms with van der Waals surface area (Å²) in [5.41, 5.74) is 5.35. The second-order valence-electron chi connectivity index (χ2n) is 6.52. The molecule has 0 aromatic heterocycles. The maximum Gasteiger partial charge on any atom is 0.355 e. The maximum atomic E-state index is 13.1. The van der Waals surface area contributed by atoms with Gasteiger partial charge in [0.05, 0.1) is 25.3 Å². The van der Waals surface area contributed by atoms with Gasteiger partial charge < -0.3 is 9.47 Å². The van der Waals surface area contributed by atoms with Crippen LogP contribution in [0.4, 0.5) is 5.69 Å². The Kier molecular flexibility index (Phi) is 6.42. The zero-order chi connectivity index (χ0) is 19.9. The molecular formula is C22H24N2O4. The summed E-state index contributed by atoms with van der Waals surface area (Å²) in [6, 6.07) is 14.7. The minimum absolute atomic E-state index is 0.0866. The fraction of sp³-hybridized carbons (Fsp3) is 0.318. The van der Waals surface area contributed by atoms with Crippen molar-refractivity contribution in [1.29, 1.82) is 0 Å². The molecule has 1 aliphatic rings. The van der Waals surface area contributed by atoms with E-state index in [0.29, 0.717) is 17.7 Å². The monoisotopic (exact) mass is 380 g/mol. The minimum atomic E-state index is -0.631. The highest BCUT2D eigenvalue weighted by atomic mass is 16.5. The minimum Gasteiger partial charge on any atom is -0.497 e. The fourth-order valence-corrected chi connectivity index (χ4v) is 3.32. The molecule has 0 radical (unpaired) electrons. The SMILES string of the molecule is CCOC(=O)/C(=N\Nc1ccc(OC)cc1)C1CCCc2ccccc2C1=O. The number of benzene rings is 2. The van der Waals surface area contributed by atoms with Crippen molar-refractivity contribution in [2.45, 2.75) is 26.2 Å². The molecule has 6 heteroatoms. The van der Waals surface area contributed by atoms with Crippen molar-refractivity contribution in [3.63, 3.8) is 0 Å². The van der Waals surface area contributed by atoms with Crippen molar-refractivity contribution in [1.82, 2.24) is 0 Å². The van der Waals surface area contributed by atoms with E-state index >= 15 is 0 Å². The van der Waals surface area contributed by atoms with E-state index in [-0.39, 0.29) is 18.1 Å². The van der Waals surface area contributed by atoms with Crippen LogP contribution in [0.15, 0.2) is 53.6 Å². The molecule has 2 aromatic carbocycles. The first kappa shape index (κ1) is 19.6. The van der Waals surface area contributed by atoms with Crippen molar-refractivity contribution in [3.8, 4) is 5.75 Å². The summed E-state index contributed by atoms with van der Waals surface area (Å²) in [6.07, 6.45) is 2.16. The number of aryl methyl sites for hydroxylation is 1. The highest BCUT2D eigenvalue weighted by molar-refractivity contribution is 6.42. The molecule has 0 aliphatic heterocycles. The van der Waals surface area contributed by atoms with E-state index < -0.39 is 11.9 Å². The van der Waals surface area contributed by atoms with Crippen LogP contribution in [0.25, 0.3) is 0 Å². The maximum absolute atomic E-state index is 13.1. The number of carbonyl (C=O) groups is 2. The predicted molar refractivity (Wildman–Crippen MR) is 108 cm³/mol. The Morgan fingerprint density at radius 2 is 1.93 bits per heavy atom. The van der Waals surface area contributed by atoms with Crippen molar-refractivity contribution in [2.24, 2.45) is 11.0 Å². The van der Waals surface area contributed by atoms with E-state index in [9.17, 15) is 9.59 Å². The van der Waals surface area contributed by atoms with E-state index in [1.54, 1.807) is 38.3 Å². The molecule has 0 saturated carbocycles. The number of methoxy groups -OCH3 is 1. The Morgan fingerprint density at radius 3 is 2.64 bits per heavy atom. The second-order valence-corrected chi connectivity index (χ2v) is 6.52. The smallest absolute Gasteiger partial charge is 0.355 e. The molecule has 0 bridgehead atoms. The Bertz CT molecular complexity index is 874. The molecule has 1 unspecified atom stereocenters. The molecule has 1 N–H and O–H groups in total. The van der Waals surface area contributed by atoms with Crippen LogP contribution in [0.1, 0.15) is 35.7 Å². The Hall–Kier alpha value is -3.15. The highest BCUT2D eigenvalue weighted by Gasteiger charge is 2.34. The molecule has 2 aromatic rings. The van der Waals surface area contributed by atoms with Gasteiger partial charge in [0.2, 0.25) is 0 Å². The van der Waals surface area contributed by atoms with Crippen LogP contribution in [-0.4, -0.2) is 31.2 Å². The van der Waals surface area contributed by atoms with Gasteiger partial charge >= 0.3 is 5.97 Å². The fourth-order valence-electron chi connectivity index (χ4n) is 3.32. The molecule has 1 atom stereocenters. The molecule has 0 fully saturated rings. The number of hydrogen-bond acceptors (Lipinski definition) is 6. The van der Waals surface area contributed by atoms with E-state index in [4.69, 9.17) is 9.47 Å². The van der Waals surface area contributed by atoms with Crippen LogP contribution in [0.5, 0.6) is 5.75 Å². The largest absolute Gasteiger partial charge is 0.497 e. The topological polar surface area (TPSA) is 77.0 Å². The van der Waals surface area contributed by atoms with Gasteiger partial charge in [0.25, 0.3) is 0 Å². The predicted octanol–water partition coefficient (Wildman–Crippen LogP) is 3.86. The van der Waals surface area contributed by atoms with Gasteiger partial charge in [0.1, 0.15) is 5.75 Å². The Morgan fingerprint density at radius 1 is 1.18 bits per heavy atom. The summed E-state index contributed by atoms with van der Waals surface area (Å²) >= 11 is 0. The Labute approximate surface area is 164 Å². The van der Waals surface area contributed by atoms with Crippen LogP contribution >= 0.6 is 0 Å². The first-order valence-corrected chi connectivity index (χ1v) is 9.41. The molecule has 28 heavy (non-hydrogen) atoms. The van der Waals surface area contributed by atoms with Crippen LogP contribution < -0.4 is 10.2 Å². The van der Waals surface area contributed by atoms with E-state index in [1.807, 2.05) is 24.3 Å². The van der Waals surface area contributed by atoms with Gasteiger partial charge in [-0.2, -0.15) is 5.10 Å². The van der Waals surface area contributed by atoms with Gasteiger partial charge in [-0.15, -0.1) is 0 Å². The third-order valence-electron chi connectivity index (χ3n) is 4.75. The lowest BCUT2D eigenvalue weighted by Crippen LogP contribution is -2.32. The lowest BCUT2D eigenvalue weighted by atomic mass is 9.91. The molecule has 0 saturated heterocycles. The van der Waals surface area contributed by atoms with Crippen molar-refractivity contribution < 1.29 is 19.1 Å². The first-order chi connectivity index (χ1) is 13.6. The number of ether oxygens (including phenoxy) is 2. The summed E-state index contributed by atoms with van der Waals surface area (Å²) in [7, 11) is 1.59. The summed E-state index contributed by atoms with van der Waals surface area (Å²) < 4.78 is 10.3. The van der Waals surface area contributed by atoms with E-state index in [0.717, 1.165) is 24.2 Å². The number of fused-ring (bicyclic) bond motifs is 1. The average Bonchev–Trinajstić information content (AvgIpc) is 2.88. The quantitative estimate of drug-likeness (QED) is 0.356. The van der Waals surface area contributed by atoms with Crippen LogP contribution in [0.3, 0.4) is 0 Å². The Balaban J connectivity index is 1.90. The first-order valence-electron chi connectivity index (χ1n) is 9.41. The molecule has 6 nitrogen and oxygen atoms in total. The van der Waals surface area contributed by atoms with Crippen LogP contribution in [-0.2, 0) is 16.0 Å². The van der Waals surface area contributed by atoms with Gasteiger partial charge in [-0.3, -0.25) is 10.2 Å². The number of esters is 1. The number of carbonyl (C=O) groups excluding carboxylic acids is 2. The third kappa shape index (κ3) is 4.39. The van der Waals surface area contributed by atoms with Crippen LogP contribution in [0, 0.1) is 5.92 Å². The third-order valence-corrected chi connectivity index (χ3v) is 4.75. The standard InChI is InChI=1S/C22H24N2O4/c1-3-28-22(26)20(24-23-16-11-13-17(27-2)14-12-16)19-10-6-8-15-7-4-5-9-18(15)21(19)25/h4-5,7,9,11-14,19,23H,3,6,8,10H2,1-2H3/b24-20-. The van der Waals surface area contributed by atoms with Gasteiger partial charge in [0.15, 0.2) is 11.5 Å². The number of hydrazone groups is 1. The summed E-state index contributed by atoms with van der Waals surface area (Å²) in [5.74, 6) is -0.568. The number of Topliss-reactive ketones (excluding diaryl/α,β-unsaturated/α-hetero) is 1. The van der Waals surface area contributed by atoms with Crippen molar-refractivity contribution >= 4 is 23.2 Å². The number of ketones is 1. The molecule has 1 aliphatic carbocycles. The zero-order valence-corrected chi connectivity index (χ0v) is 16.1. The zero-order valence-electron chi connectivity index (χ0n) is 16.1. The van der Waals surface area contributed by atoms with Gasteiger partial charge in [-0.25, -0.2) is 4.79 Å². The van der Waals surface area contributed by atoms with Gasteiger partial charge in [-0.1, -0.05) is 24.3 Å². The highest BCUT2D eigenvalue weighted by Crippen LogP contribution is 2.26. The molecule has 3 rings (SSSR count). The second kappa shape index (κ2) is 9.17. The molecule has 0 heterocycles. The molecule has 146 valence electrons. The van der Waals surface area contributed by atoms with Gasteiger partial charge in [-0.05, 0) is 56.0 Å². The summed E-state index contributed by atoms with van der Waals surface area (Å²) in [5, 5.41) is 4.29. The number of nitrogens with zero attached hydrogens (tertiary/aromatic N) is 1. The van der Waals surface area contributed by atoms with Gasteiger partial charge in [0, 0.05) is 5.56 Å². The van der Waals surface area contributed by atoms with E-state index in [1.165, 1.54) is 0 Å². The lowest BCUT2D eigenvalue weighted by Gasteiger charge is -2.16. The number of nitrogens with one attached hydrogen (secondary N) is 1. The number of anilines is 1. The lowest BCUT2D eigenvalue weighted by molar-refractivity contribution is -0.135. The van der Waals surface area contributed by atoms with Crippen molar-refractivity contribution in [3.05, 3.63) is 59.7 Å². The number of rotatable bonds is 6. The molecule has 0 spiro atoms. The summed E-state index contributed by atoms with van der Waals surface area (Å²) in [4.78, 5) is 25.7. The summed E-state index contributed by atoms with van der Waals surface area (Å²) in [6.45, 7) is 1.95. The van der Waals surface area contributed by atoms with Crippen molar-refractivity contribution in [2.75, 3.05) is 19.1 Å².